The van der Waals surface area contributed by atoms with Crippen LogP contribution >= 0.6 is 0 Å². The number of hydrogen-bond acceptors (Lipinski definition) is 5. The van der Waals surface area contributed by atoms with Crippen LogP contribution in [0.25, 0.3) is 10.9 Å². The standard InChI is InChI=1S/C32H40FN5O5/c1-6-25(39)22(13-17-10-11-34-28(17)40)36-30(42)27-26-19(32(26,4)5)15-38(27)31(43)24(12-16(2)3)37-29(41)23-14-18-20(33)8-7-9-21(18)35-23/h6-9,14,16-17,19,22,24,26-27,35H,1,10-13,15H2,2-5H3,(H,34,40)(H,36,42)(H,37,41)/t17-,19-,22-,24-,26-,27-/m0/s1. The maximum atomic E-state index is 14.3. The Kier molecular flexibility index (Phi) is 8.20. The molecule has 3 aliphatic rings. The van der Waals surface area contributed by atoms with Crippen LogP contribution < -0.4 is 16.0 Å². The molecule has 2 aliphatic heterocycles. The number of nitrogens with zero attached hydrogens (tertiary/aromatic N) is 1. The number of aromatic nitrogens is 1. The predicted octanol–water partition coefficient (Wildman–Crippen LogP) is 2.70. The number of H-pyrrole nitrogens is 1. The van der Waals surface area contributed by atoms with Gasteiger partial charge in [-0.05, 0) is 66.7 Å². The number of fused-ring (bicyclic) bond motifs is 2. The van der Waals surface area contributed by atoms with Gasteiger partial charge in [0.1, 0.15) is 23.6 Å². The second-order valence-electron chi connectivity index (χ2n) is 13.1. The lowest BCUT2D eigenvalue weighted by atomic mass is 9.94. The molecule has 0 bridgehead atoms. The van der Waals surface area contributed by atoms with Crippen LogP contribution in [0.2, 0.25) is 0 Å². The molecule has 3 heterocycles. The summed E-state index contributed by atoms with van der Waals surface area (Å²) in [7, 11) is 0. The average molecular weight is 594 g/mol. The van der Waals surface area contributed by atoms with Crippen molar-refractivity contribution in [1.82, 2.24) is 25.8 Å². The number of halogens is 1. The van der Waals surface area contributed by atoms with Crippen LogP contribution in [0, 0.1) is 34.9 Å². The molecule has 2 aromatic rings. The van der Waals surface area contributed by atoms with Crippen molar-refractivity contribution in [3.8, 4) is 0 Å². The fourth-order valence-electron chi connectivity index (χ4n) is 6.98. The van der Waals surface area contributed by atoms with Crippen molar-refractivity contribution in [2.75, 3.05) is 13.1 Å². The fraction of sp³-hybridized carbons (Fsp3) is 0.531. The number of carbonyl (C=O) groups is 5. The van der Waals surface area contributed by atoms with E-state index in [-0.39, 0.29) is 52.5 Å². The van der Waals surface area contributed by atoms with Gasteiger partial charge in [0.25, 0.3) is 5.91 Å². The first-order valence-corrected chi connectivity index (χ1v) is 15.0. The Bertz CT molecular complexity index is 1480. The fourth-order valence-corrected chi connectivity index (χ4v) is 6.98. The summed E-state index contributed by atoms with van der Waals surface area (Å²) >= 11 is 0. The molecule has 1 aliphatic carbocycles. The van der Waals surface area contributed by atoms with E-state index in [0.717, 1.165) is 6.08 Å². The highest BCUT2D eigenvalue weighted by Gasteiger charge is 2.69. The van der Waals surface area contributed by atoms with Crippen LogP contribution in [-0.4, -0.2) is 70.5 Å². The van der Waals surface area contributed by atoms with Gasteiger partial charge in [-0.3, -0.25) is 24.0 Å². The third kappa shape index (κ3) is 5.81. The van der Waals surface area contributed by atoms with E-state index in [9.17, 15) is 28.4 Å². The number of ketones is 1. The van der Waals surface area contributed by atoms with E-state index in [1.165, 1.54) is 17.0 Å². The second kappa shape index (κ2) is 11.6. The minimum absolute atomic E-state index is 0.0439. The number of piperidine rings is 1. The summed E-state index contributed by atoms with van der Waals surface area (Å²) in [6.07, 6.45) is 2.19. The monoisotopic (exact) mass is 593 g/mol. The summed E-state index contributed by atoms with van der Waals surface area (Å²) in [5, 5.41) is 8.70. The van der Waals surface area contributed by atoms with Crippen LogP contribution in [0.4, 0.5) is 4.39 Å². The zero-order chi connectivity index (χ0) is 31.2. The van der Waals surface area contributed by atoms with Gasteiger partial charge < -0.3 is 25.8 Å². The van der Waals surface area contributed by atoms with Crippen LogP contribution in [-0.2, 0) is 19.2 Å². The summed E-state index contributed by atoms with van der Waals surface area (Å²) < 4.78 is 14.3. The number of likely N-dealkylation sites (tertiary alicyclic amines) is 1. The van der Waals surface area contributed by atoms with Crippen LogP contribution in [0.1, 0.15) is 57.4 Å². The molecule has 2 saturated heterocycles. The maximum Gasteiger partial charge on any atom is 0.268 e. The molecular weight excluding hydrogens is 553 g/mol. The van der Waals surface area contributed by atoms with Crippen molar-refractivity contribution in [3.05, 3.63) is 48.4 Å². The predicted molar refractivity (Wildman–Crippen MR) is 158 cm³/mol. The van der Waals surface area contributed by atoms with Crippen molar-refractivity contribution < 1.29 is 28.4 Å². The molecule has 1 aromatic heterocycles. The summed E-state index contributed by atoms with van der Waals surface area (Å²) in [5.74, 6) is -2.76. The van der Waals surface area contributed by atoms with Gasteiger partial charge in [0.15, 0.2) is 5.78 Å². The molecule has 3 fully saturated rings. The number of aromatic amines is 1. The van der Waals surface area contributed by atoms with Crippen LogP contribution in [0.3, 0.4) is 0 Å². The molecule has 230 valence electrons. The van der Waals surface area contributed by atoms with E-state index in [0.29, 0.717) is 31.4 Å². The average Bonchev–Trinajstić information content (AvgIpc) is 3.47. The van der Waals surface area contributed by atoms with Gasteiger partial charge in [-0.2, -0.15) is 0 Å². The molecule has 5 rings (SSSR count). The van der Waals surface area contributed by atoms with E-state index < -0.39 is 47.5 Å². The molecule has 1 aromatic carbocycles. The van der Waals surface area contributed by atoms with Gasteiger partial charge in [0.2, 0.25) is 17.7 Å². The van der Waals surface area contributed by atoms with Gasteiger partial charge >= 0.3 is 0 Å². The summed E-state index contributed by atoms with van der Waals surface area (Å²) in [4.78, 5) is 70.6. The van der Waals surface area contributed by atoms with Crippen molar-refractivity contribution in [1.29, 1.82) is 0 Å². The van der Waals surface area contributed by atoms with Gasteiger partial charge in [0.05, 0.1) is 6.04 Å². The zero-order valence-electron chi connectivity index (χ0n) is 25.0. The number of benzene rings is 1. The zero-order valence-corrected chi connectivity index (χ0v) is 25.0. The molecule has 4 N–H and O–H groups in total. The molecule has 4 amide bonds. The smallest absolute Gasteiger partial charge is 0.268 e. The molecule has 0 unspecified atom stereocenters. The van der Waals surface area contributed by atoms with E-state index in [1.54, 1.807) is 12.1 Å². The molecular formula is C32H40FN5O5. The van der Waals surface area contributed by atoms with E-state index in [2.05, 4.69) is 41.4 Å². The molecule has 1 saturated carbocycles. The van der Waals surface area contributed by atoms with Crippen molar-refractivity contribution in [2.45, 2.75) is 65.1 Å². The molecule has 43 heavy (non-hydrogen) atoms. The number of amides is 4. The Hall–Kier alpha value is -4.02. The summed E-state index contributed by atoms with van der Waals surface area (Å²) in [6.45, 7) is 12.4. The number of hydrogen-bond donors (Lipinski definition) is 4. The topological polar surface area (TPSA) is 140 Å². The third-order valence-electron chi connectivity index (χ3n) is 9.47. The lowest BCUT2D eigenvalue weighted by Gasteiger charge is -2.34. The van der Waals surface area contributed by atoms with E-state index in [1.807, 2.05) is 13.8 Å². The first-order chi connectivity index (χ1) is 20.3. The Labute approximate surface area is 250 Å². The normalized spacial score (nSPS) is 25.2. The van der Waals surface area contributed by atoms with Gasteiger partial charge in [-0.25, -0.2) is 4.39 Å². The van der Waals surface area contributed by atoms with Crippen LogP contribution in [0.15, 0.2) is 36.9 Å². The first kappa shape index (κ1) is 30.4. The number of rotatable bonds is 11. The largest absolute Gasteiger partial charge is 0.356 e. The van der Waals surface area contributed by atoms with Gasteiger partial charge in [-0.15, -0.1) is 0 Å². The number of carbonyl (C=O) groups excluding carboxylic acids is 5. The molecule has 6 atom stereocenters. The maximum absolute atomic E-state index is 14.3. The quantitative estimate of drug-likeness (QED) is 0.297. The van der Waals surface area contributed by atoms with Crippen molar-refractivity contribution in [3.63, 3.8) is 0 Å². The first-order valence-electron chi connectivity index (χ1n) is 15.0. The highest BCUT2D eigenvalue weighted by atomic mass is 19.1. The van der Waals surface area contributed by atoms with Gasteiger partial charge in [-0.1, -0.05) is 40.3 Å². The van der Waals surface area contributed by atoms with E-state index in [4.69, 9.17) is 0 Å². The van der Waals surface area contributed by atoms with Crippen molar-refractivity contribution >= 4 is 40.3 Å². The molecule has 10 nitrogen and oxygen atoms in total. The SMILES string of the molecule is C=CC(=O)[C@H](C[C@@H]1CCNC1=O)NC(=O)[C@@H]1[C@@H]2[C@H](CN1C(=O)[C@H](CC(C)C)NC(=O)c1cc3c(F)cccc3[nH]1)C2(C)C. The summed E-state index contributed by atoms with van der Waals surface area (Å²) in [6, 6.07) is 3.24. The minimum Gasteiger partial charge on any atom is -0.356 e. The minimum atomic E-state index is -0.940. The van der Waals surface area contributed by atoms with Gasteiger partial charge in [0, 0.05) is 29.9 Å². The second-order valence-corrected chi connectivity index (χ2v) is 13.1. The Morgan fingerprint density at radius 1 is 1.19 bits per heavy atom. The Balaban J connectivity index is 1.36. The third-order valence-corrected chi connectivity index (χ3v) is 9.47. The lowest BCUT2D eigenvalue weighted by Crippen LogP contribution is -2.57. The highest BCUT2D eigenvalue weighted by molar-refractivity contribution is 6.02. The highest BCUT2D eigenvalue weighted by Crippen LogP contribution is 2.65. The summed E-state index contributed by atoms with van der Waals surface area (Å²) in [5.41, 5.74) is 0.421. The number of nitrogens with one attached hydrogen (secondary N) is 4. The molecule has 0 radical (unpaired) electrons. The van der Waals surface area contributed by atoms with E-state index >= 15 is 0 Å². The Morgan fingerprint density at radius 2 is 1.93 bits per heavy atom. The lowest BCUT2D eigenvalue weighted by molar-refractivity contribution is -0.142. The van der Waals surface area contributed by atoms with Crippen molar-refractivity contribution in [2.24, 2.45) is 29.1 Å². The molecule has 11 heteroatoms. The van der Waals surface area contributed by atoms with Crippen LogP contribution in [0.5, 0.6) is 0 Å². The Morgan fingerprint density at radius 3 is 2.56 bits per heavy atom. The molecule has 0 spiro atoms.